The van der Waals surface area contributed by atoms with Crippen LogP contribution in [-0.2, 0) is 11.8 Å². The Kier molecular flexibility index (Phi) is 4.74. The van der Waals surface area contributed by atoms with Crippen molar-refractivity contribution in [3.05, 3.63) is 22.4 Å². The molecule has 1 atom stereocenters. The zero-order valence-corrected chi connectivity index (χ0v) is 11.3. The first-order valence-corrected chi connectivity index (χ1v) is 6.10. The summed E-state index contributed by atoms with van der Waals surface area (Å²) in [5.74, 6) is -1.38. The SMILES string of the molecule is CCCC(NC(=O)c1cc(Br)cn1C)C(=O)O. The summed E-state index contributed by atoms with van der Waals surface area (Å²) in [6.07, 6.45) is 2.87. The second kappa shape index (κ2) is 5.86. The Labute approximate surface area is 108 Å². The fraction of sp³-hybridized carbons (Fsp3) is 0.455. The average Bonchev–Trinajstić information content (AvgIpc) is 2.57. The maximum Gasteiger partial charge on any atom is 0.326 e. The fourth-order valence-corrected chi connectivity index (χ4v) is 2.05. The third-order valence-corrected chi connectivity index (χ3v) is 2.82. The second-order valence-corrected chi connectivity index (χ2v) is 4.72. The standard InChI is InChI=1S/C11H15BrN2O3/c1-3-4-8(11(16)17)13-10(15)9-5-7(12)6-14(9)2/h5-6,8H,3-4H2,1-2H3,(H,13,15)(H,16,17). The summed E-state index contributed by atoms with van der Waals surface area (Å²) in [6, 6.07) is 0.821. The number of nitrogens with one attached hydrogen (secondary N) is 1. The number of aromatic nitrogens is 1. The lowest BCUT2D eigenvalue weighted by molar-refractivity contribution is -0.139. The summed E-state index contributed by atoms with van der Waals surface area (Å²) in [5.41, 5.74) is 0.430. The zero-order valence-electron chi connectivity index (χ0n) is 9.74. The molecule has 0 saturated carbocycles. The first-order chi connectivity index (χ1) is 7.95. The van der Waals surface area contributed by atoms with Crippen LogP contribution in [0.15, 0.2) is 16.7 Å². The van der Waals surface area contributed by atoms with Crippen LogP contribution in [-0.4, -0.2) is 27.6 Å². The number of aryl methyl sites for hydroxylation is 1. The van der Waals surface area contributed by atoms with Crippen LogP contribution in [0.1, 0.15) is 30.3 Å². The van der Waals surface area contributed by atoms with Crippen LogP contribution in [0.4, 0.5) is 0 Å². The third-order valence-electron chi connectivity index (χ3n) is 2.38. The topological polar surface area (TPSA) is 71.3 Å². The first kappa shape index (κ1) is 13.8. The number of carbonyl (C=O) groups excluding carboxylic acids is 1. The van der Waals surface area contributed by atoms with E-state index in [4.69, 9.17) is 5.11 Å². The lowest BCUT2D eigenvalue weighted by Crippen LogP contribution is -2.41. The van der Waals surface area contributed by atoms with Crippen LogP contribution in [0.5, 0.6) is 0 Å². The van der Waals surface area contributed by atoms with E-state index in [-0.39, 0.29) is 5.91 Å². The zero-order chi connectivity index (χ0) is 13.0. The van der Waals surface area contributed by atoms with E-state index < -0.39 is 12.0 Å². The van der Waals surface area contributed by atoms with Crippen molar-refractivity contribution in [2.45, 2.75) is 25.8 Å². The predicted octanol–water partition coefficient (Wildman–Crippen LogP) is 1.77. The molecule has 1 amide bonds. The van der Waals surface area contributed by atoms with Gasteiger partial charge in [0.1, 0.15) is 11.7 Å². The first-order valence-electron chi connectivity index (χ1n) is 5.31. The summed E-state index contributed by atoms with van der Waals surface area (Å²) in [5, 5.41) is 11.5. The van der Waals surface area contributed by atoms with Gasteiger partial charge in [0.05, 0.1) is 0 Å². The van der Waals surface area contributed by atoms with E-state index in [0.717, 1.165) is 4.47 Å². The normalized spacial score (nSPS) is 12.2. The van der Waals surface area contributed by atoms with Crippen LogP contribution in [0, 0.1) is 0 Å². The Hall–Kier alpha value is -1.30. The van der Waals surface area contributed by atoms with Gasteiger partial charge in [0, 0.05) is 17.7 Å². The Morgan fingerprint density at radius 1 is 1.59 bits per heavy atom. The van der Waals surface area contributed by atoms with Crippen LogP contribution < -0.4 is 5.32 Å². The minimum absolute atomic E-state index is 0.376. The number of hydrogen-bond acceptors (Lipinski definition) is 2. The molecular weight excluding hydrogens is 288 g/mol. The van der Waals surface area contributed by atoms with Gasteiger partial charge >= 0.3 is 5.97 Å². The number of halogens is 1. The minimum Gasteiger partial charge on any atom is -0.480 e. The van der Waals surface area contributed by atoms with Gasteiger partial charge in [-0.1, -0.05) is 13.3 Å². The molecule has 1 aromatic heterocycles. The maximum atomic E-state index is 11.9. The number of carboxylic acid groups (broad SMARTS) is 1. The smallest absolute Gasteiger partial charge is 0.326 e. The molecule has 17 heavy (non-hydrogen) atoms. The summed E-state index contributed by atoms with van der Waals surface area (Å²) < 4.78 is 2.43. The number of nitrogens with zero attached hydrogens (tertiary/aromatic N) is 1. The second-order valence-electron chi connectivity index (χ2n) is 3.81. The van der Waals surface area contributed by atoms with Gasteiger partial charge in [-0.2, -0.15) is 0 Å². The Balaban J connectivity index is 2.77. The van der Waals surface area contributed by atoms with Gasteiger partial charge in [0.25, 0.3) is 5.91 Å². The quantitative estimate of drug-likeness (QED) is 0.871. The van der Waals surface area contributed by atoms with Crippen molar-refractivity contribution in [3.63, 3.8) is 0 Å². The van der Waals surface area contributed by atoms with Crippen molar-refractivity contribution in [1.82, 2.24) is 9.88 Å². The number of amides is 1. The molecule has 1 unspecified atom stereocenters. The molecule has 94 valence electrons. The lowest BCUT2D eigenvalue weighted by Gasteiger charge is -2.13. The molecule has 5 nitrogen and oxygen atoms in total. The van der Waals surface area contributed by atoms with Crippen LogP contribution >= 0.6 is 15.9 Å². The number of carbonyl (C=O) groups is 2. The van der Waals surface area contributed by atoms with Gasteiger partial charge < -0.3 is 15.0 Å². The predicted molar refractivity (Wildman–Crippen MR) is 66.9 cm³/mol. The largest absolute Gasteiger partial charge is 0.480 e. The highest BCUT2D eigenvalue weighted by Crippen LogP contribution is 2.13. The summed E-state index contributed by atoms with van der Waals surface area (Å²) >= 11 is 3.26. The van der Waals surface area contributed by atoms with Crippen LogP contribution in [0.2, 0.25) is 0 Å². The van der Waals surface area contributed by atoms with Crippen LogP contribution in [0.25, 0.3) is 0 Å². The summed E-state index contributed by atoms with van der Waals surface area (Å²) in [6.45, 7) is 1.88. The average molecular weight is 303 g/mol. The van der Waals surface area contributed by atoms with Gasteiger partial charge in [-0.15, -0.1) is 0 Å². The molecular formula is C11H15BrN2O3. The molecule has 2 N–H and O–H groups in total. The molecule has 0 bridgehead atoms. The van der Waals surface area contributed by atoms with E-state index in [1.165, 1.54) is 0 Å². The number of aliphatic carboxylic acids is 1. The molecule has 1 rings (SSSR count). The minimum atomic E-state index is -1.01. The highest BCUT2D eigenvalue weighted by molar-refractivity contribution is 9.10. The molecule has 0 aromatic carbocycles. The monoisotopic (exact) mass is 302 g/mol. The van der Waals surface area contributed by atoms with Gasteiger partial charge in [-0.3, -0.25) is 4.79 Å². The van der Waals surface area contributed by atoms with Crippen molar-refractivity contribution < 1.29 is 14.7 Å². The highest BCUT2D eigenvalue weighted by Gasteiger charge is 2.21. The van der Waals surface area contributed by atoms with Gasteiger partial charge in [0.2, 0.25) is 0 Å². The van der Waals surface area contributed by atoms with Crippen molar-refractivity contribution >= 4 is 27.8 Å². The van der Waals surface area contributed by atoms with Crippen LogP contribution in [0.3, 0.4) is 0 Å². The molecule has 1 heterocycles. The van der Waals surface area contributed by atoms with E-state index in [1.807, 2.05) is 6.92 Å². The van der Waals surface area contributed by atoms with E-state index >= 15 is 0 Å². The third kappa shape index (κ3) is 3.59. The molecule has 0 spiro atoms. The van der Waals surface area contributed by atoms with Crippen molar-refractivity contribution in [1.29, 1.82) is 0 Å². The fourth-order valence-electron chi connectivity index (χ4n) is 1.53. The molecule has 6 heteroatoms. The van der Waals surface area contributed by atoms with Crippen molar-refractivity contribution in [3.8, 4) is 0 Å². The lowest BCUT2D eigenvalue weighted by atomic mass is 10.1. The Morgan fingerprint density at radius 3 is 2.65 bits per heavy atom. The molecule has 0 aliphatic heterocycles. The molecule has 1 aromatic rings. The van der Waals surface area contributed by atoms with E-state index in [1.54, 1.807) is 23.9 Å². The van der Waals surface area contributed by atoms with E-state index in [0.29, 0.717) is 18.5 Å². The Bertz CT molecular complexity index is 428. The summed E-state index contributed by atoms with van der Waals surface area (Å²) in [7, 11) is 1.73. The number of rotatable bonds is 5. The maximum absolute atomic E-state index is 11.9. The molecule has 0 saturated heterocycles. The molecule has 0 fully saturated rings. The molecule has 0 radical (unpaired) electrons. The van der Waals surface area contributed by atoms with E-state index in [9.17, 15) is 9.59 Å². The van der Waals surface area contributed by atoms with Gasteiger partial charge in [0.15, 0.2) is 0 Å². The van der Waals surface area contributed by atoms with Crippen molar-refractivity contribution in [2.75, 3.05) is 0 Å². The van der Waals surface area contributed by atoms with Crippen molar-refractivity contribution in [2.24, 2.45) is 7.05 Å². The Morgan fingerprint density at radius 2 is 2.24 bits per heavy atom. The highest BCUT2D eigenvalue weighted by atomic mass is 79.9. The number of carboxylic acids is 1. The molecule has 0 aliphatic carbocycles. The summed E-state index contributed by atoms with van der Waals surface area (Å²) in [4.78, 5) is 22.8. The molecule has 0 aliphatic rings. The van der Waals surface area contributed by atoms with Gasteiger partial charge in [-0.05, 0) is 28.4 Å². The van der Waals surface area contributed by atoms with Gasteiger partial charge in [-0.25, -0.2) is 4.79 Å². The van der Waals surface area contributed by atoms with E-state index in [2.05, 4.69) is 21.2 Å². The number of hydrogen-bond donors (Lipinski definition) is 2.